The van der Waals surface area contributed by atoms with Crippen molar-refractivity contribution in [3.8, 4) is 5.75 Å². The summed E-state index contributed by atoms with van der Waals surface area (Å²) in [6, 6.07) is 30.3. The Morgan fingerprint density at radius 1 is 0.677 bits per heavy atom. The molecule has 1 heterocycles. The summed E-state index contributed by atoms with van der Waals surface area (Å²) in [6.07, 6.45) is 0.499. The molecule has 4 heteroatoms. The third-order valence-electron chi connectivity index (χ3n) is 5.72. The van der Waals surface area contributed by atoms with Gasteiger partial charge in [-0.25, -0.2) is 0 Å². The van der Waals surface area contributed by atoms with Gasteiger partial charge >= 0.3 is 0 Å². The van der Waals surface area contributed by atoms with E-state index in [-0.39, 0.29) is 11.8 Å². The van der Waals surface area contributed by atoms with Gasteiger partial charge in [0.15, 0.2) is 0 Å². The number of imide groups is 1. The fourth-order valence-electron chi connectivity index (χ4n) is 4.21. The number of carbonyl (C=O) groups excluding carboxylic acids is 2. The van der Waals surface area contributed by atoms with Gasteiger partial charge in [0.25, 0.3) is 11.8 Å². The van der Waals surface area contributed by atoms with Gasteiger partial charge in [0.2, 0.25) is 0 Å². The number of hydrogen-bond donors (Lipinski definition) is 0. The van der Waals surface area contributed by atoms with Crippen LogP contribution in [0.3, 0.4) is 0 Å². The number of fused-ring (bicyclic) bond motifs is 2. The first-order valence-electron chi connectivity index (χ1n) is 10.4. The predicted molar refractivity (Wildman–Crippen MR) is 120 cm³/mol. The van der Waals surface area contributed by atoms with Gasteiger partial charge in [-0.1, -0.05) is 78.9 Å². The average Bonchev–Trinajstić information content (AvgIpc) is 3.08. The second-order valence-electron chi connectivity index (χ2n) is 7.57. The molecular formula is C27H21NO3. The van der Waals surface area contributed by atoms with Crippen molar-refractivity contribution in [1.29, 1.82) is 0 Å². The van der Waals surface area contributed by atoms with Crippen LogP contribution in [0.5, 0.6) is 5.75 Å². The van der Waals surface area contributed by atoms with E-state index in [4.69, 9.17) is 4.74 Å². The summed E-state index contributed by atoms with van der Waals surface area (Å²) in [5.41, 5.74) is 1.84. The minimum absolute atomic E-state index is 0.250. The number of amides is 2. The molecule has 0 bridgehead atoms. The zero-order chi connectivity index (χ0) is 21.2. The number of ether oxygens (including phenoxy) is 1. The fourth-order valence-corrected chi connectivity index (χ4v) is 4.21. The highest BCUT2D eigenvalue weighted by Gasteiger charge is 2.40. The van der Waals surface area contributed by atoms with E-state index in [9.17, 15) is 9.59 Å². The highest BCUT2D eigenvalue weighted by molar-refractivity contribution is 6.21. The minimum Gasteiger partial charge on any atom is -0.493 e. The number of nitrogens with zero attached hydrogens (tertiary/aromatic N) is 1. The van der Waals surface area contributed by atoms with Crippen LogP contribution in [0.25, 0.3) is 10.8 Å². The normalized spacial score (nSPS) is 14.0. The molecule has 0 radical (unpaired) electrons. The highest BCUT2D eigenvalue weighted by atomic mass is 16.5. The third kappa shape index (κ3) is 3.46. The second kappa shape index (κ2) is 8.07. The van der Waals surface area contributed by atoms with Crippen LogP contribution in [0.4, 0.5) is 0 Å². The molecular weight excluding hydrogens is 386 g/mol. The van der Waals surface area contributed by atoms with Crippen molar-refractivity contribution < 1.29 is 14.3 Å². The summed E-state index contributed by atoms with van der Waals surface area (Å²) >= 11 is 0. The first-order chi connectivity index (χ1) is 15.2. The van der Waals surface area contributed by atoms with Crippen molar-refractivity contribution in [3.63, 3.8) is 0 Å². The van der Waals surface area contributed by atoms with E-state index in [0.717, 1.165) is 22.1 Å². The molecule has 1 aliphatic rings. The van der Waals surface area contributed by atoms with Gasteiger partial charge in [0, 0.05) is 11.8 Å². The van der Waals surface area contributed by atoms with Crippen molar-refractivity contribution in [2.45, 2.75) is 12.5 Å². The predicted octanol–water partition coefficient (Wildman–Crippen LogP) is 5.65. The van der Waals surface area contributed by atoms with E-state index < -0.39 is 6.04 Å². The van der Waals surface area contributed by atoms with E-state index >= 15 is 0 Å². The smallest absolute Gasteiger partial charge is 0.262 e. The Balaban J connectivity index is 1.42. The van der Waals surface area contributed by atoms with E-state index in [0.29, 0.717) is 24.2 Å². The van der Waals surface area contributed by atoms with E-state index in [1.54, 1.807) is 24.3 Å². The lowest BCUT2D eigenvalue weighted by atomic mass is 10.0. The minimum atomic E-state index is -0.399. The third-order valence-corrected chi connectivity index (χ3v) is 5.72. The van der Waals surface area contributed by atoms with Crippen LogP contribution in [0.1, 0.15) is 38.7 Å². The first-order valence-corrected chi connectivity index (χ1v) is 10.4. The maximum atomic E-state index is 13.1. The Labute approximate surface area is 180 Å². The van der Waals surface area contributed by atoms with E-state index in [2.05, 4.69) is 0 Å². The monoisotopic (exact) mass is 407 g/mol. The molecule has 1 aliphatic heterocycles. The van der Waals surface area contributed by atoms with Gasteiger partial charge in [-0.3, -0.25) is 14.5 Å². The van der Waals surface area contributed by atoms with Crippen LogP contribution in [-0.4, -0.2) is 23.3 Å². The summed E-state index contributed by atoms with van der Waals surface area (Å²) in [5, 5.41) is 2.15. The topological polar surface area (TPSA) is 46.6 Å². The van der Waals surface area contributed by atoms with Crippen molar-refractivity contribution in [1.82, 2.24) is 4.90 Å². The molecule has 0 aliphatic carbocycles. The molecule has 152 valence electrons. The largest absolute Gasteiger partial charge is 0.493 e. The maximum absolute atomic E-state index is 13.1. The molecule has 0 spiro atoms. The Kier molecular flexibility index (Phi) is 4.97. The molecule has 0 N–H and O–H groups in total. The van der Waals surface area contributed by atoms with Gasteiger partial charge in [0.1, 0.15) is 5.75 Å². The van der Waals surface area contributed by atoms with Crippen molar-refractivity contribution in [2.75, 3.05) is 6.61 Å². The SMILES string of the molecule is O=C1c2ccccc2C(=O)N1[C@@H](CCOc1cccc2ccccc12)c1ccccc1. The van der Waals surface area contributed by atoms with Crippen molar-refractivity contribution in [2.24, 2.45) is 0 Å². The summed E-state index contributed by atoms with van der Waals surface area (Å²) in [6.45, 7) is 0.376. The van der Waals surface area contributed by atoms with E-state index in [1.165, 1.54) is 4.90 Å². The Morgan fingerprint density at radius 3 is 2.03 bits per heavy atom. The summed E-state index contributed by atoms with van der Waals surface area (Å²) < 4.78 is 6.13. The van der Waals surface area contributed by atoms with Gasteiger partial charge in [0.05, 0.1) is 23.8 Å². The van der Waals surface area contributed by atoms with Crippen molar-refractivity contribution >= 4 is 22.6 Å². The number of rotatable bonds is 6. The Morgan fingerprint density at radius 2 is 1.29 bits per heavy atom. The molecule has 4 nitrogen and oxygen atoms in total. The molecule has 0 fully saturated rings. The van der Waals surface area contributed by atoms with Crippen LogP contribution in [-0.2, 0) is 0 Å². The number of carbonyl (C=O) groups is 2. The van der Waals surface area contributed by atoms with Gasteiger partial charge in [-0.05, 0) is 29.1 Å². The molecule has 4 aromatic rings. The van der Waals surface area contributed by atoms with Crippen LogP contribution in [0, 0.1) is 0 Å². The van der Waals surface area contributed by atoms with Crippen LogP contribution < -0.4 is 4.74 Å². The molecule has 0 aromatic heterocycles. The highest BCUT2D eigenvalue weighted by Crippen LogP contribution is 2.34. The van der Waals surface area contributed by atoms with Crippen LogP contribution in [0.2, 0.25) is 0 Å². The zero-order valence-electron chi connectivity index (χ0n) is 16.9. The van der Waals surface area contributed by atoms with Crippen LogP contribution in [0.15, 0.2) is 97.1 Å². The van der Waals surface area contributed by atoms with Gasteiger partial charge < -0.3 is 4.74 Å². The number of benzene rings is 4. The van der Waals surface area contributed by atoms with E-state index in [1.807, 2.05) is 72.8 Å². The lowest BCUT2D eigenvalue weighted by Crippen LogP contribution is -2.35. The average molecular weight is 407 g/mol. The zero-order valence-corrected chi connectivity index (χ0v) is 16.9. The lowest BCUT2D eigenvalue weighted by Gasteiger charge is -2.27. The van der Waals surface area contributed by atoms with Gasteiger partial charge in [-0.15, -0.1) is 0 Å². The first kappa shape index (κ1) is 19.1. The Bertz CT molecular complexity index is 1230. The molecule has 1 atom stereocenters. The summed E-state index contributed by atoms with van der Waals surface area (Å²) in [4.78, 5) is 27.6. The van der Waals surface area contributed by atoms with Crippen molar-refractivity contribution in [3.05, 3.63) is 114 Å². The fraction of sp³-hybridized carbons (Fsp3) is 0.111. The number of hydrogen-bond acceptors (Lipinski definition) is 3. The molecule has 5 rings (SSSR count). The molecule has 0 unspecified atom stereocenters. The maximum Gasteiger partial charge on any atom is 0.262 e. The standard InChI is InChI=1S/C27H21NO3/c29-26-22-14-6-7-15-23(22)27(30)28(26)24(20-10-2-1-3-11-20)17-18-31-25-16-8-12-19-9-4-5-13-21(19)25/h1-16,24H,17-18H2/t24-/m0/s1. The molecule has 2 amide bonds. The second-order valence-corrected chi connectivity index (χ2v) is 7.57. The Hall–Kier alpha value is -3.92. The van der Waals surface area contributed by atoms with Gasteiger partial charge in [-0.2, -0.15) is 0 Å². The molecule has 4 aromatic carbocycles. The molecule has 31 heavy (non-hydrogen) atoms. The summed E-state index contributed by atoms with van der Waals surface area (Å²) in [5.74, 6) is 0.298. The lowest BCUT2D eigenvalue weighted by molar-refractivity contribution is 0.0561. The summed E-state index contributed by atoms with van der Waals surface area (Å²) in [7, 11) is 0. The molecule has 0 saturated heterocycles. The molecule has 0 saturated carbocycles. The van der Waals surface area contributed by atoms with Crippen LogP contribution >= 0.6 is 0 Å². The quantitative estimate of drug-likeness (QED) is 0.388.